The Morgan fingerprint density at radius 3 is 2.90 bits per heavy atom. The number of amides is 1. The molecule has 0 aromatic carbocycles. The second-order valence-electron chi connectivity index (χ2n) is 7.70. The minimum absolute atomic E-state index is 0.0115. The lowest BCUT2D eigenvalue weighted by molar-refractivity contribution is 0.0934. The van der Waals surface area contributed by atoms with E-state index in [0.717, 1.165) is 55.1 Å². The number of carbonyl (C=O) groups is 1. The van der Waals surface area contributed by atoms with Gasteiger partial charge in [0.25, 0.3) is 5.91 Å². The normalized spacial score (nSPS) is 15.3. The third-order valence-electron chi connectivity index (χ3n) is 5.67. The van der Waals surface area contributed by atoms with Gasteiger partial charge in [0.2, 0.25) is 0 Å². The van der Waals surface area contributed by atoms with Gasteiger partial charge in [-0.3, -0.25) is 14.4 Å². The van der Waals surface area contributed by atoms with Crippen LogP contribution in [0.1, 0.15) is 62.8 Å². The summed E-state index contributed by atoms with van der Waals surface area (Å²) in [5.74, 6) is 0.901. The van der Waals surface area contributed by atoms with E-state index in [1.807, 2.05) is 38.7 Å². The summed E-state index contributed by atoms with van der Waals surface area (Å²) in [5, 5.41) is 13.5. The zero-order valence-corrected chi connectivity index (χ0v) is 18.2. The van der Waals surface area contributed by atoms with E-state index in [2.05, 4.69) is 27.4 Å². The molecule has 29 heavy (non-hydrogen) atoms. The molecule has 0 fully saturated rings. The van der Waals surface area contributed by atoms with Gasteiger partial charge in [-0.1, -0.05) is 12.1 Å². The van der Waals surface area contributed by atoms with Crippen molar-refractivity contribution in [3.63, 3.8) is 0 Å². The Morgan fingerprint density at radius 2 is 2.24 bits per heavy atom. The molecule has 3 aromatic heterocycles. The monoisotopic (exact) mass is 413 g/mol. The second-order valence-corrected chi connectivity index (χ2v) is 8.66. The van der Waals surface area contributed by atoms with Crippen LogP contribution in [0.25, 0.3) is 0 Å². The van der Waals surface area contributed by atoms with E-state index in [-0.39, 0.29) is 11.9 Å². The Kier molecular flexibility index (Phi) is 5.56. The van der Waals surface area contributed by atoms with Crippen LogP contribution < -0.4 is 5.32 Å². The van der Waals surface area contributed by atoms with Crippen molar-refractivity contribution in [2.45, 2.75) is 52.7 Å². The van der Waals surface area contributed by atoms with E-state index < -0.39 is 0 Å². The van der Waals surface area contributed by atoms with Crippen molar-refractivity contribution in [2.24, 2.45) is 7.05 Å². The number of nitrogens with zero attached hydrogens (tertiary/aromatic N) is 4. The molecule has 1 N–H and O–H groups in total. The van der Waals surface area contributed by atoms with Crippen LogP contribution in [0, 0.1) is 13.8 Å². The number of aryl methyl sites for hydroxylation is 3. The fourth-order valence-corrected chi connectivity index (χ4v) is 5.06. The highest BCUT2D eigenvalue weighted by Crippen LogP contribution is 2.30. The summed E-state index contributed by atoms with van der Waals surface area (Å²) in [6.45, 7) is 8.64. The first-order chi connectivity index (χ1) is 14.0. The van der Waals surface area contributed by atoms with Gasteiger partial charge in [-0.25, -0.2) is 0 Å². The van der Waals surface area contributed by atoms with Crippen LogP contribution in [0.15, 0.2) is 22.3 Å². The summed E-state index contributed by atoms with van der Waals surface area (Å²) in [4.78, 5) is 16.7. The highest BCUT2D eigenvalue weighted by molar-refractivity contribution is 7.10. The molecule has 0 aliphatic carbocycles. The van der Waals surface area contributed by atoms with E-state index in [4.69, 9.17) is 4.52 Å². The maximum Gasteiger partial charge on any atom is 0.252 e. The third-order valence-corrected chi connectivity index (χ3v) is 6.69. The Hall–Kier alpha value is -2.45. The van der Waals surface area contributed by atoms with Crippen molar-refractivity contribution in [3.05, 3.63) is 56.4 Å². The molecule has 1 aliphatic heterocycles. The predicted molar refractivity (Wildman–Crippen MR) is 112 cm³/mol. The molecule has 154 valence electrons. The van der Waals surface area contributed by atoms with Gasteiger partial charge in [0.05, 0.1) is 23.5 Å². The molecule has 0 radical (unpaired) electrons. The van der Waals surface area contributed by atoms with Crippen molar-refractivity contribution in [1.82, 2.24) is 25.2 Å². The van der Waals surface area contributed by atoms with Gasteiger partial charge in [-0.15, -0.1) is 11.3 Å². The summed E-state index contributed by atoms with van der Waals surface area (Å²) < 4.78 is 7.06. The van der Waals surface area contributed by atoms with E-state index >= 15 is 0 Å². The molecule has 4 rings (SSSR count). The number of thiophene rings is 1. The zero-order valence-electron chi connectivity index (χ0n) is 17.4. The van der Waals surface area contributed by atoms with Crippen LogP contribution in [0.3, 0.4) is 0 Å². The van der Waals surface area contributed by atoms with Crippen LogP contribution in [-0.2, 0) is 26.6 Å². The summed E-state index contributed by atoms with van der Waals surface area (Å²) in [6.07, 6.45) is 5.50. The first kappa shape index (κ1) is 19.8. The van der Waals surface area contributed by atoms with Gasteiger partial charge >= 0.3 is 0 Å². The quantitative estimate of drug-likeness (QED) is 0.669. The minimum Gasteiger partial charge on any atom is -0.361 e. The molecule has 0 bridgehead atoms. The summed E-state index contributed by atoms with van der Waals surface area (Å²) in [5.41, 5.74) is 5.19. The highest BCUT2D eigenvalue weighted by Gasteiger charge is 2.26. The van der Waals surface area contributed by atoms with Crippen molar-refractivity contribution in [1.29, 1.82) is 0 Å². The molecule has 4 heterocycles. The Morgan fingerprint density at radius 1 is 1.41 bits per heavy atom. The molecule has 1 aliphatic rings. The number of aromatic nitrogens is 3. The topological polar surface area (TPSA) is 76.2 Å². The van der Waals surface area contributed by atoms with Crippen LogP contribution in [0.4, 0.5) is 0 Å². The van der Waals surface area contributed by atoms with Crippen LogP contribution in [0.5, 0.6) is 0 Å². The Bertz CT molecular complexity index is 999. The lowest BCUT2D eigenvalue weighted by Gasteiger charge is -2.27. The van der Waals surface area contributed by atoms with Crippen molar-refractivity contribution in [2.75, 3.05) is 6.54 Å². The average molecular weight is 414 g/mol. The zero-order chi connectivity index (χ0) is 20.5. The second kappa shape index (κ2) is 8.12. The maximum atomic E-state index is 13.0. The molecular weight excluding hydrogens is 386 g/mol. The Labute approximate surface area is 174 Å². The van der Waals surface area contributed by atoms with Crippen molar-refractivity contribution >= 4 is 17.2 Å². The molecule has 8 heteroatoms. The fraction of sp³-hybridized carbons (Fsp3) is 0.476. The van der Waals surface area contributed by atoms with Gasteiger partial charge < -0.3 is 9.84 Å². The third kappa shape index (κ3) is 4.00. The van der Waals surface area contributed by atoms with Gasteiger partial charge in [0.1, 0.15) is 5.76 Å². The molecule has 1 amide bonds. The number of nitrogens with one attached hydrogen (secondary N) is 1. The molecule has 3 aromatic rings. The maximum absolute atomic E-state index is 13.0. The SMILES string of the molecule is CC[C@@H](NC(=O)c1csc2c1CCN(Cc1c(C)noc1C)C2)c1cnn(C)c1. The van der Waals surface area contributed by atoms with Crippen molar-refractivity contribution < 1.29 is 9.32 Å². The fourth-order valence-electron chi connectivity index (χ4n) is 3.94. The highest BCUT2D eigenvalue weighted by atomic mass is 32.1. The molecule has 0 saturated carbocycles. The number of fused-ring (bicyclic) bond motifs is 1. The minimum atomic E-state index is -0.0219. The van der Waals surface area contributed by atoms with Crippen molar-refractivity contribution in [3.8, 4) is 0 Å². The van der Waals surface area contributed by atoms with E-state index in [9.17, 15) is 4.79 Å². The number of rotatable bonds is 6. The molecule has 0 unspecified atom stereocenters. The van der Waals surface area contributed by atoms with E-state index in [1.54, 1.807) is 16.0 Å². The van der Waals surface area contributed by atoms with Crippen LogP contribution >= 0.6 is 11.3 Å². The Balaban J connectivity index is 1.45. The largest absolute Gasteiger partial charge is 0.361 e. The summed E-state index contributed by atoms with van der Waals surface area (Å²) >= 11 is 1.68. The number of hydrogen-bond donors (Lipinski definition) is 1. The number of carbonyl (C=O) groups excluding carboxylic acids is 1. The molecule has 0 spiro atoms. The predicted octanol–water partition coefficient (Wildman–Crippen LogP) is 3.53. The van der Waals surface area contributed by atoms with E-state index in [1.165, 1.54) is 16.0 Å². The standard InChI is InChI=1S/C21H27N5O2S/c1-5-19(15-8-22-25(4)9-15)23-21(27)18-12-29-20-11-26(7-6-16(18)20)10-17-13(2)24-28-14(17)3/h8-9,12,19H,5-7,10-11H2,1-4H3,(H,23,27)/t19-/m1/s1. The van der Waals surface area contributed by atoms with Crippen LogP contribution in [-0.4, -0.2) is 32.3 Å². The van der Waals surface area contributed by atoms with Gasteiger partial charge in [-0.2, -0.15) is 5.10 Å². The first-order valence-corrected chi connectivity index (χ1v) is 10.9. The lowest BCUT2D eigenvalue weighted by atomic mass is 10.0. The summed E-state index contributed by atoms with van der Waals surface area (Å²) in [6, 6.07) is -0.0219. The molecular formula is C21H27N5O2S. The molecule has 1 atom stereocenters. The summed E-state index contributed by atoms with van der Waals surface area (Å²) in [7, 11) is 1.89. The van der Waals surface area contributed by atoms with Gasteiger partial charge in [0, 0.05) is 54.3 Å². The number of hydrogen-bond acceptors (Lipinski definition) is 6. The molecule has 7 nitrogen and oxygen atoms in total. The smallest absolute Gasteiger partial charge is 0.252 e. The average Bonchev–Trinajstić information content (AvgIpc) is 3.41. The van der Waals surface area contributed by atoms with Gasteiger partial charge in [0.15, 0.2) is 0 Å². The lowest BCUT2D eigenvalue weighted by Crippen LogP contribution is -2.32. The van der Waals surface area contributed by atoms with E-state index in [0.29, 0.717) is 0 Å². The first-order valence-electron chi connectivity index (χ1n) is 9.99. The van der Waals surface area contributed by atoms with Gasteiger partial charge in [-0.05, 0) is 32.3 Å². The van der Waals surface area contributed by atoms with Crippen LogP contribution in [0.2, 0.25) is 0 Å². The molecule has 0 saturated heterocycles.